The first-order valence-corrected chi connectivity index (χ1v) is 8.15. The van der Waals surface area contributed by atoms with Crippen molar-refractivity contribution >= 4 is 0 Å². The van der Waals surface area contributed by atoms with Crippen molar-refractivity contribution in [1.82, 2.24) is 0 Å². The molecule has 0 unspecified atom stereocenters. The van der Waals surface area contributed by atoms with Crippen LogP contribution in [0.2, 0.25) is 0 Å². The fourth-order valence-electron chi connectivity index (χ4n) is 3.14. The molecule has 0 aliphatic carbocycles. The molecule has 2 aromatic carbocycles. The Bertz CT molecular complexity index is 718. The van der Waals surface area contributed by atoms with Gasteiger partial charge in [-0.15, -0.1) is 0 Å². The van der Waals surface area contributed by atoms with E-state index >= 15 is 0 Å². The lowest BCUT2D eigenvalue weighted by molar-refractivity contribution is 0.114. The zero-order valence-corrected chi connectivity index (χ0v) is 14.2. The Balaban J connectivity index is 1.87. The Morgan fingerprint density at radius 3 is 2.70 bits per heavy atom. The quantitative estimate of drug-likeness (QED) is 0.727. The maximum Gasteiger partial charge on any atom is 0.126 e. The molecule has 0 saturated carbocycles. The molecule has 0 amide bonds. The van der Waals surface area contributed by atoms with Gasteiger partial charge in [-0.05, 0) is 62.4 Å². The molecule has 120 valence electrons. The molecule has 0 bridgehead atoms. The Kier molecular flexibility index (Phi) is 4.16. The standard InChI is InChI=1S/C21H24O2/c1-5-21(4)12-11-18-16(3)20(15(2)13-19(18)23-21)22-14-17-9-7-6-8-10-17/h5-10,13H,1,11-12,14H2,2-4H3/t21-/m0/s1. The first-order valence-electron chi connectivity index (χ1n) is 8.15. The summed E-state index contributed by atoms with van der Waals surface area (Å²) in [5.74, 6) is 1.96. The van der Waals surface area contributed by atoms with Gasteiger partial charge in [-0.3, -0.25) is 0 Å². The number of hydrogen-bond acceptors (Lipinski definition) is 2. The molecular formula is C21H24O2. The molecule has 0 fully saturated rings. The molecule has 1 heterocycles. The number of ether oxygens (including phenoxy) is 2. The largest absolute Gasteiger partial charge is 0.488 e. The van der Waals surface area contributed by atoms with Crippen LogP contribution in [0.25, 0.3) is 0 Å². The smallest absolute Gasteiger partial charge is 0.126 e. The van der Waals surface area contributed by atoms with Gasteiger partial charge in [-0.1, -0.05) is 36.9 Å². The van der Waals surface area contributed by atoms with Gasteiger partial charge >= 0.3 is 0 Å². The molecule has 23 heavy (non-hydrogen) atoms. The van der Waals surface area contributed by atoms with Crippen LogP contribution in [0.4, 0.5) is 0 Å². The van der Waals surface area contributed by atoms with Gasteiger partial charge in [-0.2, -0.15) is 0 Å². The number of rotatable bonds is 4. The summed E-state index contributed by atoms with van der Waals surface area (Å²) in [4.78, 5) is 0. The first-order chi connectivity index (χ1) is 11.0. The van der Waals surface area contributed by atoms with Gasteiger partial charge in [0.2, 0.25) is 0 Å². The summed E-state index contributed by atoms with van der Waals surface area (Å²) in [7, 11) is 0. The van der Waals surface area contributed by atoms with E-state index in [1.807, 2.05) is 24.3 Å². The van der Waals surface area contributed by atoms with E-state index in [0.717, 1.165) is 29.9 Å². The molecule has 0 aromatic heterocycles. The SMILES string of the molecule is C=C[C@@]1(C)CCc2c(cc(C)c(OCc3ccccc3)c2C)O1. The second-order valence-corrected chi connectivity index (χ2v) is 6.52. The summed E-state index contributed by atoms with van der Waals surface area (Å²) in [6.07, 6.45) is 3.84. The van der Waals surface area contributed by atoms with Crippen LogP contribution in [0.5, 0.6) is 11.5 Å². The van der Waals surface area contributed by atoms with E-state index in [4.69, 9.17) is 9.47 Å². The normalized spacial score (nSPS) is 19.6. The lowest BCUT2D eigenvalue weighted by Gasteiger charge is -2.34. The topological polar surface area (TPSA) is 18.5 Å². The maximum atomic E-state index is 6.17. The molecular weight excluding hydrogens is 284 g/mol. The molecule has 1 atom stereocenters. The van der Waals surface area contributed by atoms with Gasteiger partial charge in [0.1, 0.15) is 23.7 Å². The molecule has 3 rings (SSSR count). The van der Waals surface area contributed by atoms with Crippen molar-refractivity contribution in [3.05, 3.63) is 71.3 Å². The minimum atomic E-state index is -0.266. The Morgan fingerprint density at radius 2 is 2.00 bits per heavy atom. The predicted molar refractivity (Wildman–Crippen MR) is 94.2 cm³/mol. The van der Waals surface area contributed by atoms with Crippen LogP contribution in [0.3, 0.4) is 0 Å². The Hall–Kier alpha value is -2.22. The monoisotopic (exact) mass is 308 g/mol. The van der Waals surface area contributed by atoms with Crippen molar-refractivity contribution < 1.29 is 9.47 Å². The number of hydrogen-bond donors (Lipinski definition) is 0. The van der Waals surface area contributed by atoms with Crippen LogP contribution in [-0.2, 0) is 13.0 Å². The molecule has 1 aliphatic rings. The Labute approximate surface area is 138 Å². The summed E-state index contributed by atoms with van der Waals surface area (Å²) >= 11 is 0. The van der Waals surface area contributed by atoms with Crippen molar-refractivity contribution in [2.24, 2.45) is 0 Å². The molecule has 0 radical (unpaired) electrons. The molecule has 0 N–H and O–H groups in total. The minimum Gasteiger partial charge on any atom is -0.488 e. The summed E-state index contributed by atoms with van der Waals surface area (Å²) in [6, 6.07) is 12.4. The number of fused-ring (bicyclic) bond motifs is 1. The van der Waals surface area contributed by atoms with Gasteiger partial charge < -0.3 is 9.47 Å². The number of benzene rings is 2. The lowest BCUT2D eigenvalue weighted by Crippen LogP contribution is -2.34. The highest BCUT2D eigenvalue weighted by Crippen LogP contribution is 2.41. The van der Waals surface area contributed by atoms with Crippen LogP contribution >= 0.6 is 0 Å². The van der Waals surface area contributed by atoms with Gasteiger partial charge in [0.15, 0.2) is 0 Å². The van der Waals surface area contributed by atoms with E-state index in [1.165, 1.54) is 16.7 Å². The van der Waals surface area contributed by atoms with E-state index < -0.39 is 0 Å². The molecule has 0 spiro atoms. The minimum absolute atomic E-state index is 0.266. The van der Waals surface area contributed by atoms with Crippen LogP contribution in [0, 0.1) is 13.8 Å². The summed E-state index contributed by atoms with van der Waals surface area (Å²) < 4.78 is 12.3. The summed E-state index contributed by atoms with van der Waals surface area (Å²) in [5, 5.41) is 0. The zero-order chi connectivity index (χ0) is 16.4. The zero-order valence-electron chi connectivity index (χ0n) is 14.2. The van der Waals surface area contributed by atoms with Gasteiger partial charge in [0.05, 0.1) is 0 Å². The Morgan fingerprint density at radius 1 is 1.26 bits per heavy atom. The highest BCUT2D eigenvalue weighted by atomic mass is 16.5. The third-order valence-electron chi connectivity index (χ3n) is 4.67. The third-order valence-corrected chi connectivity index (χ3v) is 4.67. The van der Waals surface area contributed by atoms with Gasteiger partial charge in [-0.25, -0.2) is 0 Å². The fraction of sp³-hybridized carbons (Fsp3) is 0.333. The summed E-state index contributed by atoms with van der Waals surface area (Å²) in [6.45, 7) is 10.8. The van der Waals surface area contributed by atoms with E-state index in [2.05, 4.69) is 45.5 Å². The van der Waals surface area contributed by atoms with E-state index in [0.29, 0.717) is 6.61 Å². The van der Waals surface area contributed by atoms with Crippen molar-refractivity contribution in [2.45, 2.75) is 45.8 Å². The lowest BCUT2D eigenvalue weighted by atomic mass is 9.89. The average Bonchev–Trinajstić information content (AvgIpc) is 2.55. The first kappa shape index (κ1) is 15.7. The second-order valence-electron chi connectivity index (χ2n) is 6.52. The predicted octanol–water partition coefficient (Wildman–Crippen LogP) is 5.15. The van der Waals surface area contributed by atoms with Gasteiger partial charge in [0.25, 0.3) is 0 Å². The molecule has 2 aromatic rings. The van der Waals surface area contributed by atoms with Crippen LogP contribution in [-0.4, -0.2) is 5.60 Å². The van der Waals surface area contributed by atoms with Crippen LogP contribution < -0.4 is 9.47 Å². The van der Waals surface area contributed by atoms with Crippen molar-refractivity contribution in [1.29, 1.82) is 0 Å². The third kappa shape index (κ3) is 3.12. The highest BCUT2D eigenvalue weighted by molar-refractivity contribution is 5.54. The molecule has 2 heteroatoms. The van der Waals surface area contributed by atoms with Crippen molar-refractivity contribution in [3.63, 3.8) is 0 Å². The van der Waals surface area contributed by atoms with Crippen LogP contribution in [0.1, 0.15) is 35.6 Å². The highest BCUT2D eigenvalue weighted by Gasteiger charge is 2.30. The maximum absolute atomic E-state index is 6.17. The van der Waals surface area contributed by atoms with Crippen molar-refractivity contribution in [2.75, 3.05) is 0 Å². The van der Waals surface area contributed by atoms with Gasteiger partial charge in [0, 0.05) is 5.56 Å². The number of aryl methyl sites for hydroxylation is 1. The molecule has 1 aliphatic heterocycles. The fourth-order valence-corrected chi connectivity index (χ4v) is 3.14. The van der Waals surface area contributed by atoms with Crippen molar-refractivity contribution in [3.8, 4) is 11.5 Å². The van der Waals surface area contributed by atoms with E-state index in [9.17, 15) is 0 Å². The second kappa shape index (κ2) is 6.11. The molecule has 0 saturated heterocycles. The summed E-state index contributed by atoms with van der Waals surface area (Å²) in [5.41, 5.74) is 4.49. The molecule has 2 nitrogen and oxygen atoms in total. The average molecular weight is 308 g/mol. The van der Waals surface area contributed by atoms with E-state index in [-0.39, 0.29) is 5.60 Å². The van der Waals surface area contributed by atoms with Crippen LogP contribution in [0.15, 0.2) is 49.1 Å². The van der Waals surface area contributed by atoms with E-state index in [1.54, 1.807) is 0 Å².